The molecule has 1 aliphatic carbocycles. The van der Waals surface area contributed by atoms with Gasteiger partial charge in [-0.25, -0.2) is 4.79 Å². The van der Waals surface area contributed by atoms with E-state index in [9.17, 15) is 14.7 Å². The summed E-state index contributed by atoms with van der Waals surface area (Å²) in [5.41, 5.74) is 6.54. The molecule has 1 fully saturated rings. The third-order valence-corrected chi connectivity index (χ3v) is 7.92. The number of hydrogen-bond acceptors (Lipinski definition) is 6. The molecule has 198 valence electrons. The molecule has 1 atom stereocenters. The van der Waals surface area contributed by atoms with E-state index >= 15 is 0 Å². The molecule has 3 aromatic carbocycles. The predicted molar refractivity (Wildman–Crippen MR) is 148 cm³/mol. The van der Waals surface area contributed by atoms with Crippen LogP contribution in [0, 0.1) is 6.92 Å². The van der Waals surface area contributed by atoms with Crippen molar-refractivity contribution < 1.29 is 24.0 Å². The number of hydrogen-bond donors (Lipinski definition) is 3. The van der Waals surface area contributed by atoms with Crippen LogP contribution < -0.4 is 10.6 Å². The first-order valence-electron chi connectivity index (χ1n) is 12.7. The monoisotopic (exact) mass is 543 g/mol. The van der Waals surface area contributed by atoms with Crippen LogP contribution in [0.5, 0.6) is 0 Å². The summed E-state index contributed by atoms with van der Waals surface area (Å²) in [6, 6.07) is 19.0. The molecule has 2 aliphatic rings. The van der Waals surface area contributed by atoms with Gasteiger partial charge in [-0.3, -0.25) is 10.1 Å². The minimum atomic E-state index is -0.759. The normalized spacial score (nSPS) is 15.4. The van der Waals surface area contributed by atoms with Crippen molar-refractivity contribution in [1.82, 2.24) is 5.16 Å². The molecular weight excluding hydrogens is 518 g/mol. The average Bonchev–Trinajstić information content (AvgIpc) is 3.67. The van der Waals surface area contributed by atoms with Gasteiger partial charge in [-0.15, -0.1) is 0 Å². The van der Waals surface area contributed by atoms with Gasteiger partial charge in [0.2, 0.25) is 0 Å². The minimum absolute atomic E-state index is 0.415. The Morgan fingerprint density at radius 2 is 1.90 bits per heavy atom. The van der Waals surface area contributed by atoms with Crippen LogP contribution in [0.4, 0.5) is 16.2 Å². The highest BCUT2D eigenvalue weighted by Crippen LogP contribution is 2.50. The van der Waals surface area contributed by atoms with Gasteiger partial charge in [0.1, 0.15) is 17.5 Å². The van der Waals surface area contributed by atoms with Gasteiger partial charge in [0.15, 0.2) is 5.76 Å². The van der Waals surface area contributed by atoms with E-state index in [1.165, 1.54) is 0 Å². The largest absolute Gasteiger partial charge is 0.481 e. The van der Waals surface area contributed by atoms with Crippen molar-refractivity contribution in [3.8, 4) is 22.5 Å². The summed E-state index contributed by atoms with van der Waals surface area (Å²) >= 11 is 6.24. The number of amides is 1. The highest BCUT2D eigenvalue weighted by molar-refractivity contribution is 6.31. The summed E-state index contributed by atoms with van der Waals surface area (Å²) in [6.07, 6.45) is 0.147. The van der Waals surface area contributed by atoms with Crippen LogP contribution in [0.1, 0.15) is 48.3 Å². The van der Waals surface area contributed by atoms with Gasteiger partial charge in [0, 0.05) is 33.9 Å². The molecule has 8 nitrogen and oxygen atoms in total. The van der Waals surface area contributed by atoms with Gasteiger partial charge in [-0.1, -0.05) is 65.3 Å². The van der Waals surface area contributed by atoms with E-state index in [0.717, 1.165) is 33.5 Å². The fourth-order valence-electron chi connectivity index (χ4n) is 5.18. The molecule has 0 radical (unpaired) electrons. The van der Waals surface area contributed by atoms with Crippen molar-refractivity contribution in [2.75, 3.05) is 10.6 Å². The van der Waals surface area contributed by atoms with Crippen LogP contribution in [0.25, 0.3) is 22.5 Å². The van der Waals surface area contributed by atoms with E-state index < -0.39 is 23.6 Å². The minimum Gasteiger partial charge on any atom is -0.481 e. The first-order chi connectivity index (χ1) is 18.8. The first-order valence-corrected chi connectivity index (χ1v) is 13.1. The highest BCUT2D eigenvalue weighted by atomic mass is 35.5. The summed E-state index contributed by atoms with van der Waals surface area (Å²) < 4.78 is 11.2. The lowest BCUT2D eigenvalue weighted by Crippen LogP contribution is -2.20. The number of anilines is 2. The summed E-state index contributed by atoms with van der Waals surface area (Å²) in [5, 5.41) is 20.5. The first kappa shape index (κ1) is 25.0. The van der Waals surface area contributed by atoms with Crippen LogP contribution in [0.15, 0.2) is 65.2 Å². The number of benzene rings is 3. The number of carbonyl (C=O) groups is 2. The van der Waals surface area contributed by atoms with Crippen LogP contribution in [0.3, 0.4) is 0 Å². The Hall–Kier alpha value is -4.30. The second-order valence-corrected chi connectivity index (χ2v) is 10.4. The summed E-state index contributed by atoms with van der Waals surface area (Å²) in [7, 11) is 0. The van der Waals surface area contributed by atoms with Crippen LogP contribution in [0.2, 0.25) is 5.02 Å². The second-order valence-electron chi connectivity index (χ2n) is 10.0. The molecule has 3 N–H and O–H groups in total. The molecule has 1 amide bonds. The van der Waals surface area contributed by atoms with Gasteiger partial charge in [0.05, 0.1) is 5.41 Å². The van der Waals surface area contributed by atoms with Crippen molar-refractivity contribution in [2.24, 2.45) is 0 Å². The zero-order valence-electron chi connectivity index (χ0n) is 21.4. The van der Waals surface area contributed by atoms with E-state index in [-0.39, 0.29) is 0 Å². The number of aryl methyl sites for hydroxylation is 1. The Balaban J connectivity index is 1.24. The Labute approximate surface area is 229 Å². The molecule has 1 saturated carbocycles. The summed E-state index contributed by atoms with van der Waals surface area (Å²) in [6.45, 7) is 4.07. The smallest absolute Gasteiger partial charge is 0.412 e. The van der Waals surface area contributed by atoms with E-state index in [0.29, 0.717) is 47.1 Å². The number of nitrogens with one attached hydrogen (secondary N) is 2. The van der Waals surface area contributed by atoms with E-state index in [4.69, 9.17) is 20.9 Å². The zero-order valence-corrected chi connectivity index (χ0v) is 22.1. The van der Waals surface area contributed by atoms with Crippen molar-refractivity contribution in [3.63, 3.8) is 0 Å². The molecule has 39 heavy (non-hydrogen) atoms. The number of rotatable bonds is 6. The molecule has 1 aromatic heterocycles. The second kappa shape index (κ2) is 9.47. The lowest BCUT2D eigenvalue weighted by atomic mass is 9.87. The fraction of sp³-hybridized carbons (Fsp3) is 0.233. The van der Waals surface area contributed by atoms with E-state index in [2.05, 4.69) is 15.8 Å². The Morgan fingerprint density at radius 1 is 1.13 bits per heavy atom. The van der Waals surface area contributed by atoms with Crippen molar-refractivity contribution >= 4 is 35.0 Å². The van der Waals surface area contributed by atoms with Crippen LogP contribution in [-0.4, -0.2) is 22.3 Å². The maximum atomic E-state index is 12.8. The number of fused-ring (bicyclic) bond motifs is 3. The number of carboxylic acids is 1. The van der Waals surface area contributed by atoms with E-state index in [1.807, 2.05) is 54.6 Å². The van der Waals surface area contributed by atoms with Crippen LogP contribution >= 0.6 is 11.6 Å². The standard InChI is InChI=1S/C30H26ClN3O5/c1-16-26(33-29(37)38-17(2)21-5-3-4-6-24(21)31)27(39-34-16)18-7-9-23-22-10-8-20(30(11-12-30)28(35)36)13-19(22)15-32-25(23)14-18/h3-10,13-14,17,32H,11-12,15H2,1-2H3,(H,33,37)(H,35,36). The maximum absolute atomic E-state index is 12.8. The lowest BCUT2D eigenvalue weighted by molar-refractivity contribution is -0.140. The molecule has 6 rings (SSSR count). The average molecular weight is 544 g/mol. The molecule has 9 heteroatoms. The number of nitrogens with zero attached hydrogens (tertiary/aromatic N) is 1. The Morgan fingerprint density at radius 3 is 2.64 bits per heavy atom. The highest BCUT2D eigenvalue weighted by Gasteiger charge is 2.51. The van der Waals surface area contributed by atoms with Gasteiger partial charge >= 0.3 is 12.1 Å². The predicted octanol–water partition coefficient (Wildman–Crippen LogP) is 7.32. The number of ether oxygens (including phenoxy) is 1. The van der Waals surface area contributed by atoms with Gasteiger partial charge < -0.3 is 19.7 Å². The molecule has 1 aliphatic heterocycles. The number of carboxylic acid groups (broad SMARTS) is 1. The SMILES string of the molecule is Cc1noc(-c2ccc3c(c2)NCc2cc(C4(C(=O)O)CC4)ccc2-3)c1NC(=O)OC(C)c1ccccc1Cl. The fourth-order valence-corrected chi connectivity index (χ4v) is 5.47. The topological polar surface area (TPSA) is 114 Å². The lowest BCUT2D eigenvalue weighted by Gasteiger charge is -2.24. The van der Waals surface area contributed by atoms with Crippen molar-refractivity contribution in [2.45, 2.75) is 44.8 Å². The third kappa shape index (κ3) is 4.40. The summed E-state index contributed by atoms with van der Waals surface area (Å²) in [5.74, 6) is -0.344. The number of aromatic nitrogens is 1. The quantitative estimate of drug-likeness (QED) is 0.233. The molecular formula is C30H26ClN3O5. The number of carbonyl (C=O) groups excluding carboxylic acids is 1. The van der Waals surface area contributed by atoms with E-state index in [1.54, 1.807) is 19.9 Å². The molecule has 0 bridgehead atoms. The van der Waals surface area contributed by atoms with Crippen LogP contribution in [-0.2, 0) is 21.5 Å². The Bertz CT molecular complexity index is 1620. The number of aliphatic carboxylic acids is 1. The molecule has 1 unspecified atom stereocenters. The summed E-state index contributed by atoms with van der Waals surface area (Å²) in [4.78, 5) is 24.5. The maximum Gasteiger partial charge on any atom is 0.412 e. The molecule has 2 heterocycles. The molecule has 4 aromatic rings. The van der Waals surface area contributed by atoms with Gasteiger partial charge in [-0.2, -0.15) is 0 Å². The Kier molecular flexibility index (Phi) is 6.07. The van der Waals surface area contributed by atoms with Gasteiger partial charge in [-0.05, 0) is 55.5 Å². The van der Waals surface area contributed by atoms with Crippen molar-refractivity contribution in [3.05, 3.63) is 88.1 Å². The third-order valence-electron chi connectivity index (χ3n) is 7.58. The van der Waals surface area contributed by atoms with Crippen molar-refractivity contribution in [1.29, 1.82) is 0 Å². The molecule has 0 spiro atoms. The number of halogens is 1. The van der Waals surface area contributed by atoms with Gasteiger partial charge in [0.25, 0.3) is 0 Å². The zero-order chi connectivity index (χ0) is 27.3. The molecule has 0 saturated heterocycles.